The van der Waals surface area contributed by atoms with Gasteiger partial charge in [-0.2, -0.15) is 0 Å². The molecule has 0 bridgehead atoms. The van der Waals surface area contributed by atoms with Crippen LogP contribution in [0.4, 0.5) is 22.5 Å². The number of hydrogen-bond donors (Lipinski definition) is 2. The van der Waals surface area contributed by atoms with Gasteiger partial charge in [0, 0.05) is 53.3 Å². The molecule has 1 atom stereocenters. The van der Waals surface area contributed by atoms with Crippen LogP contribution >= 0.6 is 23.1 Å². The summed E-state index contributed by atoms with van der Waals surface area (Å²) in [5.41, 5.74) is 0.819. The molecular weight excluding hydrogens is 490 g/mol. The maximum absolute atomic E-state index is 12.0. The van der Waals surface area contributed by atoms with Crippen LogP contribution in [0.15, 0.2) is 46.6 Å². The van der Waals surface area contributed by atoms with Crippen LogP contribution in [0.5, 0.6) is 0 Å². The fourth-order valence-electron chi connectivity index (χ4n) is 3.54. The van der Waals surface area contributed by atoms with Crippen molar-refractivity contribution in [1.29, 1.82) is 0 Å². The van der Waals surface area contributed by atoms with Gasteiger partial charge in [-0.25, -0.2) is 15.0 Å². The van der Waals surface area contributed by atoms with Gasteiger partial charge in [-0.05, 0) is 89.7 Å². The highest BCUT2D eigenvalue weighted by Gasteiger charge is 2.29. The number of carbonyl (C=O) groups excluding carboxylic acids is 1. The Morgan fingerprint density at radius 1 is 1.19 bits per heavy atom. The van der Waals surface area contributed by atoms with Gasteiger partial charge in [-0.3, -0.25) is 4.79 Å². The molecular formula is C26H35N7OS2. The summed E-state index contributed by atoms with van der Waals surface area (Å²) in [5, 5.41) is 7.80. The third kappa shape index (κ3) is 7.65. The molecule has 1 amide bonds. The second kappa shape index (κ2) is 12.0. The highest BCUT2D eigenvalue weighted by molar-refractivity contribution is 7.99. The number of aryl methyl sites for hydroxylation is 1. The number of thiazole rings is 1. The summed E-state index contributed by atoms with van der Waals surface area (Å²) in [6, 6.07) is 10.4. The Morgan fingerprint density at radius 3 is 2.58 bits per heavy atom. The smallest absolute Gasteiger partial charge is 0.227 e. The van der Waals surface area contributed by atoms with Gasteiger partial charge in [0.25, 0.3) is 0 Å². The lowest BCUT2D eigenvalue weighted by molar-refractivity contribution is -0.117. The number of nitrogens with zero attached hydrogens (tertiary/aromatic N) is 5. The van der Waals surface area contributed by atoms with Gasteiger partial charge in [0.1, 0.15) is 11.6 Å². The topological polar surface area (TPSA) is 86.3 Å². The first-order chi connectivity index (χ1) is 17.3. The van der Waals surface area contributed by atoms with E-state index in [1.165, 1.54) is 11.8 Å². The summed E-state index contributed by atoms with van der Waals surface area (Å²) in [7, 11) is 6.31. The van der Waals surface area contributed by atoms with E-state index in [2.05, 4.69) is 53.5 Å². The summed E-state index contributed by atoms with van der Waals surface area (Å²) in [5.74, 6) is 1.89. The summed E-state index contributed by atoms with van der Waals surface area (Å²) in [6.45, 7) is 5.19. The molecule has 0 radical (unpaired) electrons. The van der Waals surface area contributed by atoms with Gasteiger partial charge in [-0.15, -0.1) is 11.3 Å². The zero-order chi connectivity index (χ0) is 25.7. The van der Waals surface area contributed by atoms with E-state index in [0.29, 0.717) is 11.2 Å². The van der Waals surface area contributed by atoms with E-state index in [0.717, 1.165) is 64.5 Å². The van der Waals surface area contributed by atoms with Crippen LogP contribution in [0.3, 0.4) is 0 Å². The molecule has 8 nitrogen and oxygen atoms in total. The van der Waals surface area contributed by atoms with Crippen LogP contribution in [0.2, 0.25) is 0 Å². The molecule has 3 aromatic rings. The molecule has 0 aliphatic heterocycles. The summed E-state index contributed by atoms with van der Waals surface area (Å²) >= 11 is 3.10. The predicted octanol–water partition coefficient (Wildman–Crippen LogP) is 5.65. The van der Waals surface area contributed by atoms with Gasteiger partial charge in [0.2, 0.25) is 5.91 Å². The molecule has 0 unspecified atom stereocenters. The van der Waals surface area contributed by atoms with E-state index in [-0.39, 0.29) is 11.8 Å². The zero-order valence-corrected chi connectivity index (χ0v) is 23.2. The van der Waals surface area contributed by atoms with Crippen LogP contribution in [0.25, 0.3) is 0 Å². The largest absolute Gasteiger partial charge is 0.359 e. The molecule has 1 fully saturated rings. The maximum atomic E-state index is 12.0. The number of nitrogens with one attached hydrogen (secondary N) is 2. The molecule has 4 rings (SSSR count). The Kier molecular flexibility index (Phi) is 8.81. The second-order valence-electron chi connectivity index (χ2n) is 9.56. The average molecular weight is 526 g/mol. The quantitative estimate of drug-likeness (QED) is 0.293. The van der Waals surface area contributed by atoms with E-state index >= 15 is 0 Å². The Bertz CT molecular complexity index is 1160. The minimum atomic E-state index is 0.114. The van der Waals surface area contributed by atoms with Crippen molar-refractivity contribution in [1.82, 2.24) is 19.9 Å². The summed E-state index contributed by atoms with van der Waals surface area (Å²) < 4.78 is 0. The second-order valence-corrected chi connectivity index (χ2v) is 11.8. The number of carbonyl (C=O) groups is 1. The molecule has 2 heterocycles. The highest BCUT2D eigenvalue weighted by atomic mass is 32.2. The van der Waals surface area contributed by atoms with Crippen molar-refractivity contribution >= 4 is 51.5 Å². The van der Waals surface area contributed by atoms with Gasteiger partial charge in [0.15, 0.2) is 10.3 Å². The van der Waals surface area contributed by atoms with E-state index in [1.54, 1.807) is 11.3 Å². The van der Waals surface area contributed by atoms with Crippen molar-refractivity contribution in [3.63, 3.8) is 0 Å². The van der Waals surface area contributed by atoms with Crippen LogP contribution in [0, 0.1) is 12.8 Å². The van der Waals surface area contributed by atoms with Crippen molar-refractivity contribution in [2.75, 3.05) is 43.2 Å². The molecule has 1 aliphatic rings. The summed E-state index contributed by atoms with van der Waals surface area (Å²) in [6.07, 6.45) is 6.04. The van der Waals surface area contributed by atoms with Crippen molar-refractivity contribution in [2.45, 2.75) is 55.6 Å². The Balaban J connectivity index is 1.47. The van der Waals surface area contributed by atoms with Crippen molar-refractivity contribution in [3.8, 4) is 0 Å². The van der Waals surface area contributed by atoms with Gasteiger partial charge < -0.3 is 20.4 Å². The first-order valence-electron chi connectivity index (χ1n) is 12.3. The molecule has 1 aromatic carbocycles. The van der Waals surface area contributed by atoms with E-state index in [1.807, 2.05) is 43.5 Å². The molecule has 1 aliphatic carbocycles. The maximum Gasteiger partial charge on any atom is 0.227 e. The highest BCUT2D eigenvalue weighted by Crippen LogP contribution is 2.32. The number of amides is 1. The minimum absolute atomic E-state index is 0.114. The van der Waals surface area contributed by atoms with Crippen molar-refractivity contribution in [3.05, 3.63) is 41.4 Å². The first-order valence-corrected chi connectivity index (χ1v) is 13.9. The number of anilines is 4. The normalized spacial score (nSPS) is 14.1. The Labute approximate surface area is 221 Å². The van der Waals surface area contributed by atoms with Gasteiger partial charge >= 0.3 is 0 Å². The van der Waals surface area contributed by atoms with E-state index in [9.17, 15) is 4.79 Å². The zero-order valence-electron chi connectivity index (χ0n) is 21.6. The first kappa shape index (κ1) is 26.4. The molecule has 36 heavy (non-hydrogen) atoms. The number of aromatic nitrogens is 3. The van der Waals surface area contributed by atoms with Crippen molar-refractivity contribution < 1.29 is 4.79 Å². The summed E-state index contributed by atoms with van der Waals surface area (Å²) in [4.78, 5) is 32.6. The lowest BCUT2D eigenvalue weighted by Gasteiger charge is -2.23. The standard InChI is InChI=1S/C26H35N7OS2/c1-17(32(3)4)7-6-14-33(5)23-15-22(29-25-27-16-18(2)35-25)30-26(31-23)36-21-12-10-20(11-13-21)28-24(34)19-8-9-19/h10-13,15-17,19H,6-9,14H2,1-5H3,(H,28,34)(H,27,29,30,31)/t17-/m1/s1. The Morgan fingerprint density at radius 2 is 1.94 bits per heavy atom. The third-order valence-corrected chi connectivity index (χ3v) is 7.92. The Hall–Kier alpha value is -2.69. The fraction of sp³-hybridized carbons (Fsp3) is 0.462. The average Bonchev–Trinajstić information content (AvgIpc) is 3.62. The number of benzene rings is 1. The molecule has 2 N–H and O–H groups in total. The number of hydrogen-bond acceptors (Lipinski definition) is 9. The van der Waals surface area contributed by atoms with Crippen LogP contribution < -0.4 is 15.5 Å². The van der Waals surface area contributed by atoms with Crippen LogP contribution in [-0.2, 0) is 4.79 Å². The molecule has 2 aromatic heterocycles. The number of rotatable bonds is 12. The SMILES string of the molecule is Cc1cnc(Nc2cc(N(C)CCC[C@@H](C)N(C)C)nc(Sc3ccc(NC(=O)C4CC4)cc3)n2)s1. The van der Waals surface area contributed by atoms with E-state index < -0.39 is 0 Å². The molecule has 1 saturated carbocycles. The van der Waals surface area contributed by atoms with E-state index in [4.69, 9.17) is 9.97 Å². The minimum Gasteiger partial charge on any atom is -0.359 e. The van der Waals surface area contributed by atoms with Crippen molar-refractivity contribution in [2.24, 2.45) is 5.92 Å². The predicted molar refractivity (Wildman–Crippen MR) is 150 cm³/mol. The molecule has 192 valence electrons. The van der Waals surface area contributed by atoms with Crippen LogP contribution in [-0.4, -0.2) is 59.5 Å². The lowest BCUT2D eigenvalue weighted by Crippen LogP contribution is -2.27. The van der Waals surface area contributed by atoms with Gasteiger partial charge in [-0.1, -0.05) is 0 Å². The van der Waals surface area contributed by atoms with Crippen LogP contribution in [0.1, 0.15) is 37.5 Å². The van der Waals surface area contributed by atoms with Gasteiger partial charge in [0.05, 0.1) is 0 Å². The molecule has 0 saturated heterocycles. The third-order valence-electron chi connectivity index (χ3n) is 6.22. The molecule has 10 heteroatoms. The fourth-order valence-corrected chi connectivity index (χ4v) is 4.98. The molecule has 0 spiro atoms. The monoisotopic (exact) mass is 525 g/mol. The lowest BCUT2D eigenvalue weighted by atomic mass is 10.1.